The number of thiazole rings is 1. The number of benzene rings is 3. The van der Waals surface area contributed by atoms with Gasteiger partial charge in [0.05, 0.1) is 12.2 Å². The molecule has 0 atom stereocenters. The highest BCUT2D eigenvalue weighted by Gasteiger charge is 2.12. The Morgan fingerprint density at radius 3 is 2.29 bits per heavy atom. The fraction of sp³-hybridized carbons (Fsp3) is 0.0769. The minimum Gasteiger partial charge on any atom is -0.399 e. The molecule has 0 saturated carbocycles. The van der Waals surface area contributed by atoms with Gasteiger partial charge in [-0.3, -0.25) is 14.4 Å². The zero-order valence-corrected chi connectivity index (χ0v) is 19.7. The van der Waals surface area contributed by atoms with Crippen molar-refractivity contribution in [1.29, 1.82) is 0 Å². The lowest BCUT2D eigenvalue weighted by molar-refractivity contribution is -0.115. The molecule has 0 aliphatic rings. The third kappa shape index (κ3) is 5.90. The standard InChI is InChI=1S/C26H23N5O3S/c1-28-24(33)20-7-3-5-18(13-20)17-4-2-6-19(12-17)22-15-35-26(30-22)31-23(32)14-29-25(34)16-8-10-21(27)11-9-16/h2-13,15H,14,27H2,1H3,(H,28,33)(H,29,34)(H,30,31,32). The Balaban J connectivity index is 1.40. The van der Waals surface area contributed by atoms with Crippen LogP contribution in [0.25, 0.3) is 22.4 Å². The van der Waals surface area contributed by atoms with E-state index in [1.165, 1.54) is 11.3 Å². The van der Waals surface area contributed by atoms with E-state index in [0.717, 1.165) is 16.7 Å². The van der Waals surface area contributed by atoms with Gasteiger partial charge in [0.1, 0.15) is 0 Å². The van der Waals surface area contributed by atoms with Crippen LogP contribution in [0.15, 0.2) is 78.2 Å². The van der Waals surface area contributed by atoms with Gasteiger partial charge in [-0.1, -0.05) is 30.3 Å². The highest BCUT2D eigenvalue weighted by Crippen LogP contribution is 2.29. The van der Waals surface area contributed by atoms with Crippen molar-refractivity contribution in [3.8, 4) is 22.4 Å². The van der Waals surface area contributed by atoms with E-state index in [0.29, 0.717) is 27.6 Å². The average molecular weight is 486 g/mol. The molecule has 0 fully saturated rings. The molecule has 0 aliphatic carbocycles. The molecule has 0 bridgehead atoms. The Kier molecular flexibility index (Phi) is 7.18. The molecule has 0 aliphatic heterocycles. The van der Waals surface area contributed by atoms with Gasteiger partial charge in [0.25, 0.3) is 11.8 Å². The number of carbonyl (C=O) groups excluding carboxylic acids is 3. The molecule has 0 saturated heterocycles. The van der Waals surface area contributed by atoms with Crippen LogP contribution in [-0.2, 0) is 4.79 Å². The summed E-state index contributed by atoms with van der Waals surface area (Å²) in [7, 11) is 1.60. The van der Waals surface area contributed by atoms with Gasteiger partial charge in [-0.2, -0.15) is 0 Å². The summed E-state index contributed by atoms with van der Waals surface area (Å²) in [6, 6.07) is 21.6. The van der Waals surface area contributed by atoms with Gasteiger partial charge in [0.2, 0.25) is 5.91 Å². The summed E-state index contributed by atoms with van der Waals surface area (Å²) in [5, 5.41) is 10.2. The number of nitrogen functional groups attached to an aromatic ring is 1. The summed E-state index contributed by atoms with van der Waals surface area (Å²) in [6.45, 7) is -0.185. The lowest BCUT2D eigenvalue weighted by atomic mass is 10.00. The highest BCUT2D eigenvalue weighted by molar-refractivity contribution is 7.14. The Morgan fingerprint density at radius 2 is 1.54 bits per heavy atom. The van der Waals surface area contributed by atoms with E-state index < -0.39 is 0 Å². The largest absolute Gasteiger partial charge is 0.399 e. The number of nitrogens with zero attached hydrogens (tertiary/aromatic N) is 1. The quantitative estimate of drug-likeness (QED) is 0.296. The van der Waals surface area contributed by atoms with Crippen LogP contribution in [0.1, 0.15) is 20.7 Å². The Morgan fingerprint density at radius 1 is 0.857 bits per heavy atom. The number of hydrogen-bond donors (Lipinski definition) is 4. The fourth-order valence-electron chi connectivity index (χ4n) is 3.37. The summed E-state index contributed by atoms with van der Waals surface area (Å²) in [6.07, 6.45) is 0. The third-order valence-corrected chi connectivity index (χ3v) is 5.93. The van der Waals surface area contributed by atoms with Crippen molar-refractivity contribution in [2.24, 2.45) is 0 Å². The smallest absolute Gasteiger partial charge is 0.251 e. The predicted molar refractivity (Wildman–Crippen MR) is 138 cm³/mol. The van der Waals surface area contributed by atoms with E-state index >= 15 is 0 Å². The van der Waals surface area contributed by atoms with Crippen molar-refractivity contribution in [1.82, 2.24) is 15.6 Å². The molecule has 1 aromatic heterocycles. The van der Waals surface area contributed by atoms with Crippen molar-refractivity contribution in [2.75, 3.05) is 24.6 Å². The van der Waals surface area contributed by atoms with Crippen LogP contribution in [0.2, 0.25) is 0 Å². The summed E-state index contributed by atoms with van der Waals surface area (Å²) >= 11 is 1.29. The van der Waals surface area contributed by atoms with E-state index in [1.54, 1.807) is 37.4 Å². The minimum absolute atomic E-state index is 0.146. The third-order valence-electron chi connectivity index (χ3n) is 5.18. The van der Waals surface area contributed by atoms with E-state index in [9.17, 15) is 14.4 Å². The van der Waals surface area contributed by atoms with Gasteiger partial charge >= 0.3 is 0 Å². The van der Waals surface area contributed by atoms with Gasteiger partial charge in [0.15, 0.2) is 5.13 Å². The number of carbonyl (C=O) groups is 3. The first-order chi connectivity index (χ1) is 16.9. The lowest BCUT2D eigenvalue weighted by Gasteiger charge is -2.07. The zero-order valence-electron chi connectivity index (χ0n) is 18.9. The van der Waals surface area contributed by atoms with E-state index in [4.69, 9.17) is 5.73 Å². The van der Waals surface area contributed by atoms with Crippen LogP contribution in [0.5, 0.6) is 0 Å². The first-order valence-corrected chi connectivity index (χ1v) is 11.6. The molecule has 4 rings (SSSR count). The fourth-order valence-corrected chi connectivity index (χ4v) is 4.10. The number of nitrogens with two attached hydrogens (primary N) is 1. The molecule has 0 radical (unpaired) electrons. The van der Waals surface area contributed by atoms with Crippen molar-refractivity contribution in [2.45, 2.75) is 0 Å². The SMILES string of the molecule is CNC(=O)c1cccc(-c2cccc(-c3csc(NC(=O)CNC(=O)c4ccc(N)cc4)n3)c2)c1. The number of nitrogens with one attached hydrogen (secondary N) is 3. The second-order valence-electron chi connectivity index (χ2n) is 7.63. The summed E-state index contributed by atoms with van der Waals surface area (Å²) < 4.78 is 0. The van der Waals surface area contributed by atoms with Crippen LogP contribution in [0.3, 0.4) is 0 Å². The Hall–Kier alpha value is -4.50. The second kappa shape index (κ2) is 10.6. The van der Waals surface area contributed by atoms with Crippen molar-refractivity contribution >= 4 is 39.9 Å². The van der Waals surface area contributed by atoms with Crippen molar-refractivity contribution < 1.29 is 14.4 Å². The molecule has 5 N–H and O–H groups in total. The first-order valence-electron chi connectivity index (χ1n) is 10.7. The first kappa shape index (κ1) is 23.7. The van der Waals surface area contributed by atoms with Crippen LogP contribution in [0, 0.1) is 0 Å². The van der Waals surface area contributed by atoms with Gasteiger partial charge in [-0.05, 0) is 53.6 Å². The van der Waals surface area contributed by atoms with Gasteiger partial charge in [0, 0.05) is 34.8 Å². The maximum absolute atomic E-state index is 12.3. The second-order valence-corrected chi connectivity index (χ2v) is 8.49. The maximum atomic E-state index is 12.3. The van der Waals surface area contributed by atoms with Crippen LogP contribution < -0.4 is 21.7 Å². The summed E-state index contributed by atoms with van der Waals surface area (Å²) in [5.41, 5.74) is 10.6. The summed E-state index contributed by atoms with van der Waals surface area (Å²) in [5.74, 6) is -0.890. The molecule has 35 heavy (non-hydrogen) atoms. The lowest BCUT2D eigenvalue weighted by Crippen LogP contribution is -2.32. The topological polar surface area (TPSA) is 126 Å². The normalized spacial score (nSPS) is 10.4. The maximum Gasteiger partial charge on any atom is 0.251 e. The molecular formula is C26H23N5O3S. The Bertz CT molecular complexity index is 1380. The number of rotatable bonds is 7. The molecular weight excluding hydrogens is 462 g/mol. The number of amides is 3. The van der Waals surface area contributed by atoms with Crippen molar-refractivity contribution in [3.05, 3.63) is 89.3 Å². The zero-order chi connectivity index (χ0) is 24.8. The van der Waals surface area contributed by atoms with Crippen LogP contribution in [-0.4, -0.2) is 36.3 Å². The number of aromatic nitrogens is 1. The van der Waals surface area contributed by atoms with E-state index in [1.807, 2.05) is 47.8 Å². The molecule has 1 heterocycles. The van der Waals surface area contributed by atoms with E-state index in [-0.39, 0.29) is 24.3 Å². The minimum atomic E-state index is -0.380. The van der Waals surface area contributed by atoms with Gasteiger partial charge in [-0.15, -0.1) is 11.3 Å². The average Bonchev–Trinajstić information content (AvgIpc) is 3.36. The Labute approximate surface area is 206 Å². The van der Waals surface area contributed by atoms with Gasteiger partial charge in [-0.25, -0.2) is 4.98 Å². The molecule has 3 aromatic carbocycles. The van der Waals surface area contributed by atoms with E-state index in [2.05, 4.69) is 20.9 Å². The number of anilines is 2. The monoisotopic (exact) mass is 485 g/mol. The molecule has 0 unspecified atom stereocenters. The molecule has 4 aromatic rings. The predicted octanol–water partition coefficient (Wildman–Crippen LogP) is 3.79. The highest BCUT2D eigenvalue weighted by atomic mass is 32.1. The molecule has 176 valence electrons. The summed E-state index contributed by atoms with van der Waals surface area (Å²) in [4.78, 5) is 40.9. The van der Waals surface area contributed by atoms with Crippen molar-refractivity contribution in [3.63, 3.8) is 0 Å². The number of hydrogen-bond acceptors (Lipinski definition) is 6. The van der Waals surface area contributed by atoms with Crippen LogP contribution >= 0.6 is 11.3 Å². The molecule has 0 spiro atoms. The molecule has 3 amide bonds. The van der Waals surface area contributed by atoms with Crippen LogP contribution in [0.4, 0.5) is 10.8 Å². The molecule has 8 nitrogen and oxygen atoms in total. The van der Waals surface area contributed by atoms with Gasteiger partial charge < -0.3 is 21.7 Å². The molecule has 9 heteroatoms.